The number of para-hydroxylation sites is 1. The predicted octanol–water partition coefficient (Wildman–Crippen LogP) is 0.541. The molecule has 8 heteroatoms. The van der Waals surface area contributed by atoms with E-state index in [1.807, 2.05) is 24.3 Å². The molecule has 0 saturated heterocycles. The van der Waals surface area contributed by atoms with E-state index >= 15 is 0 Å². The van der Waals surface area contributed by atoms with Gasteiger partial charge in [-0.05, 0) is 13.1 Å². The zero-order chi connectivity index (χ0) is 14.9. The molecule has 0 spiro atoms. The van der Waals surface area contributed by atoms with E-state index in [0.29, 0.717) is 17.9 Å². The summed E-state index contributed by atoms with van der Waals surface area (Å²) in [5, 5.41) is 9.36. The number of aromatic nitrogens is 2. The van der Waals surface area contributed by atoms with Crippen molar-refractivity contribution in [2.45, 2.75) is 17.6 Å². The fourth-order valence-electron chi connectivity index (χ4n) is 2.35. The Morgan fingerprint density at radius 2 is 2.24 bits per heavy atom. The number of nitrogens with one attached hydrogen (secondary N) is 3. The maximum atomic E-state index is 12.5. The van der Waals surface area contributed by atoms with E-state index in [2.05, 4.69) is 20.2 Å². The minimum Gasteiger partial charge on any atom is -0.491 e. The summed E-state index contributed by atoms with van der Waals surface area (Å²) in [5.41, 5.74) is 1.44. The summed E-state index contributed by atoms with van der Waals surface area (Å²) in [7, 11) is -1.94. The normalized spacial score (nSPS) is 17.5. The van der Waals surface area contributed by atoms with Crippen molar-refractivity contribution < 1.29 is 13.2 Å². The SMILES string of the molecule is CNCc1cn[nH]c1S(=O)(=O)NC1COc2ccccc21. The number of hydrogen-bond donors (Lipinski definition) is 3. The first-order valence-corrected chi connectivity index (χ1v) is 8.01. The number of aromatic amines is 1. The number of sulfonamides is 1. The fraction of sp³-hybridized carbons (Fsp3) is 0.308. The van der Waals surface area contributed by atoms with Crippen LogP contribution in [-0.2, 0) is 16.6 Å². The van der Waals surface area contributed by atoms with Gasteiger partial charge in [0.1, 0.15) is 12.4 Å². The number of hydrogen-bond acceptors (Lipinski definition) is 5. The van der Waals surface area contributed by atoms with Crippen molar-refractivity contribution in [3.05, 3.63) is 41.6 Å². The lowest BCUT2D eigenvalue weighted by atomic mass is 10.1. The lowest BCUT2D eigenvalue weighted by Crippen LogP contribution is -2.30. The van der Waals surface area contributed by atoms with Crippen molar-refractivity contribution >= 4 is 10.0 Å². The highest BCUT2D eigenvalue weighted by Crippen LogP contribution is 2.32. The van der Waals surface area contributed by atoms with Crippen LogP contribution >= 0.6 is 0 Å². The topological polar surface area (TPSA) is 96.1 Å². The molecule has 0 bridgehead atoms. The first-order valence-electron chi connectivity index (χ1n) is 6.52. The average molecular weight is 308 g/mol. The zero-order valence-electron chi connectivity index (χ0n) is 11.5. The summed E-state index contributed by atoms with van der Waals surface area (Å²) < 4.78 is 33.1. The third-order valence-corrected chi connectivity index (χ3v) is 4.80. The molecule has 112 valence electrons. The standard InChI is InChI=1S/C13H16N4O3S/c1-14-6-9-7-15-16-13(9)21(18,19)17-11-8-20-12-5-3-2-4-10(11)12/h2-5,7,11,14,17H,6,8H2,1H3,(H,15,16). The fourth-order valence-corrected chi connectivity index (χ4v) is 3.69. The Morgan fingerprint density at radius 1 is 1.43 bits per heavy atom. The maximum absolute atomic E-state index is 12.5. The highest BCUT2D eigenvalue weighted by molar-refractivity contribution is 7.89. The lowest BCUT2D eigenvalue weighted by molar-refractivity contribution is 0.325. The van der Waals surface area contributed by atoms with Gasteiger partial charge in [-0.2, -0.15) is 9.82 Å². The average Bonchev–Trinajstić information content (AvgIpc) is 3.07. The molecule has 1 unspecified atom stereocenters. The van der Waals surface area contributed by atoms with Crippen molar-refractivity contribution in [3.63, 3.8) is 0 Å². The predicted molar refractivity (Wildman–Crippen MR) is 76.4 cm³/mol. The van der Waals surface area contributed by atoms with Crippen molar-refractivity contribution in [2.75, 3.05) is 13.7 Å². The minimum absolute atomic E-state index is 0.0845. The Labute approximate surface area is 122 Å². The van der Waals surface area contributed by atoms with Crippen molar-refractivity contribution in [1.82, 2.24) is 20.2 Å². The van der Waals surface area contributed by atoms with Gasteiger partial charge in [0.15, 0.2) is 5.03 Å². The van der Waals surface area contributed by atoms with Crippen LogP contribution in [-0.4, -0.2) is 32.3 Å². The minimum atomic E-state index is -3.68. The van der Waals surface area contributed by atoms with Gasteiger partial charge >= 0.3 is 0 Å². The third kappa shape index (κ3) is 2.65. The van der Waals surface area contributed by atoms with Gasteiger partial charge in [0.2, 0.25) is 0 Å². The molecule has 0 aliphatic carbocycles. The van der Waals surface area contributed by atoms with E-state index in [1.165, 1.54) is 6.20 Å². The number of ether oxygens (including phenoxy) is 1. The van der Waals surface area contributed by atoms with Crippen LogP contribution in [0.1, 0.15) is 17.2 Å². The third-order valence-electron chi connectivity index (χ3n) is 3.31. The number of rotatable bonds is 5. The molecule has 1 aromatic carbocycles. The molecule has 21 heavy (non-hydrogen) atoms. The Balaban J connectivity index is 1.86. The van der Waals surface area contributed by atoms with Crippen molar-refractivity contribution in [3.8, 4) is 5.75 Å². The Morgan fingerprint density at radius 3 is 3.05 bits per heavy atom. The van der Waals surface area contributed by atoms with Crippen molar-refractivity contribution in [2.24, 2.45) is 0 Å². The first kappa shape index (κ1) is 14.1. The monoisotopic (exact) mass is 308 g/mol. The van der Waals surface area contributed by atoms with Crippen LogP contribution in [0.5, 0.6) is 5.75 Å². The van der Waals surface area contributed by atoms with Gasteiger partial charge in [-0.15, -0.1) is 0 Å². The van der Waals surface area contributed by atoms with E-state index < -0.39 is 16.1 Å². The van der Waals surface area contributed by atoms with Gasteiger partial charge in [-0.3, -0.25) is 5.10 Å². The van der Waals surface area contributed by atoms with Crippen LogP contribution in [0.4, 0.5) is 0 Å². The molecule has 0 radical (unpaired) electrons. The number of nitrogens with zero attached hydrogens (tertiary/aromatic N) is 1. The van der Waals surface area contributed by atoms with Crippen LogP contribution in [0.15, 0.2) is 35.5 Å². The summed E-state index contributed by atoms with van der Waals surface area (Å²) in [6.07, 6.45) is 1.50. The maximum Gasteiger partial charge on any atom is 0.258 e. The molecule has 1 aliphatic rings. The van der Waals surface area contributed by atoms with Crippen LogP contribution in [0.2, 0.25) is 0 Å². The molecule has 1 atom stereocenters. The molecule has 3 N–H and O–H groups in total. The lowest BCUT2D eigenvalue weighted by Gasteiger charge is -2.12. The second kappa shape index (κ2) is 5.47. The van der Waals surface area contributed by atoms with E-state index in [1.54, 1.807) is 7.05 Å². The van der Waals surface area contributed by atoms with Crippen molar-refractivity contribution in [1.29, 1.82) is 0 Å². The Kier molecular flexibility index (Phi) is 3.66. The molecule has 1 aliphatic heterocycles. The molecule has 2 heterocycles. The van der Waals surface area contributed by atoms with Gasteiger partial charge < -0.3 is 10.1 Å². The highest BCUT2D eigenvalue weighted by atomic mass is 32.2. The molecule has 0 amide bonds. The highest BCUT2D eigenvalue weighted by Gasteiger charge is 2.30. The molecule has 0 saturated carbocycles. The molecule has 1 aromatic heterocycles. The van der Waals surface area contributed by atoms with E-state index in [0.717, 1.165) is 5.56 Å². The molecule has 7 nitrogen and oxygen atoms in total. The number of benzene rings is 1. The molecule has 0 fully saturated rings. The largest absolute Gasteiger partial charge is 0.491 e. The van der Waals surface area contributed by atoms with E-state index in [-0.39, 0.29) is 11.6 Å². The molecular weight excluding hydrogens is 292 g/mol. The summed E-state index contributed by atoms with van der Waals surface area (Å²) in [6, 6.07) is 7.01. The van der Waals surface area contributed by atoms with Crippen LogP contribution in [0.25, 0.3) is 0 Å². The summed E-state index contributed by atoms with van der Waals surface area (Å²) in [4.78, 5) is 0. The number of fused-ring (bicyclic) bond motifs is 1. The van der Waals surface area contributed by atoms with Gasteiger partial charge in [-0.25, -0.2) is 8.42 Å². The van der Waals surface area contributed by atoms with Gasteiger partial charge in [0.25, 0.3) is 10.0 Å². The second-order valence-corrected chi connectivity index (χ2v) is 6.43. The summed E-state index contributed by atoms with van der Waals surface area (Å²) >= 11 is 0. The Bertz CT molecular complexity index is 741. The Hall–Kier alpha value is -1.90. The molecular formula is C13H16N4O3S. The molecule has 3 rings (SSSR count). The van der Waals surface area contributed by atoms with E-state index in [9.17, 15) is 8.42 Å². The van der Waals surface area contributed by atoms with Gasteiger partial charge in [0, 0.05) is 17.7 Å². The second-order valence-electron chi connectivity index (χ2n) is 4.78. The van der Waals surface area contributed by atoms with E-state index in [4.69, 9.17) is 4.74 Å². The van der Waals surface area contributed by atoms with Gasteiger partial charge in [-0.1, -0.05) is 18.2 Å². The quantitative estimate of drug-likeness (QED) is 0.749. The zero-order valence-corrected chi connectivity index (χ0v) is 12.3. The van der Waals surface area contributed by atoms with Crippen LogP contribution < -0.4 is 14.8 Å². The summed E-state index contributed by atoms with van der Waals surface area (Å²) in [6.45, 7) is 0.707. The van der Waals surface area contributed by atoms with Crippen LogP contribution in [0.3, 0.4) is 0 Å². The first-order chi connectivity index (χ1) is 10.1. The van der Waals surface area contributed by atoms with Crippen LogP contribution in [0, 0.1) is 0 Å². The number of H-pyrrole nitrogens is 1. The molecule has 2 aromatic rings. The summed E-state index contributed by atoms with van der Waals surface area (Å²) in [5.74, 6) is 0.713. The smallest absolute Gasteiger partial charge is 0.258 e. The van der Waals surface area contributed by atoms with Gasteiger partial charge in [0.05, 0.1) is 12.2 Å².